The Hall–Kier alpha value is -3.02. The van der Waals surface area contributed by atoms with E-state index in [4.69, 9.17) is 9.47 Å². The Labute approximate surface area is 146 Å². The topological polar surface area (TPSA) is 73.9 Å². The number of amides is 1. The van der Waals surface area contributed by atoms with Gasteiger partial charge in [-0.15, -0.1) is 0 Å². The molecule has 6 nitrogen and oxygen atoms in total. The Bertz CT molecular complexity index is 755. The fraction of sp³-hybridized carbons (Fsp3) is 0.263. The molecule has 0 bridgehead atoms. The van der Waals surface area contributed by atoms with Crippen LogP contribution in [0.4, 0.5) is 0 Å². The van der Waals surface area contributed by atoms with Crippen LogP contribution in [0.25, 0.3) is 0 Å². The van der Waals surface area contributed by atoms with Crippen molar-refractivity contribution in [1.82, 2.24) is 5.32 Å². The van der Waals surface area contributed by atoms with Crippen LogP contribution in [0.15, 0.2) is 42.5 Å². The molecule has 0 saturated heterocycles. The van der Waals surface area contributed by atoms with Crippen LogP contribution in [0.5, 0.6) is 11.5 Å². The Balaban J connectivity index is 2.16. The van der Waals surface area contributed by atoms with E-state index in [-0.39, 0.29) is 11.9 Å². The van der Waals surface area contributed by atoms with Crippen LogP contribution in [0.3, 0.4) is 0 Å². The highest BCUT2D eigenvalue weighted by Crippen LogP contribution is 2.29. The molecule has 25 heavy (non-hydrogen) atoms. The minimum absolute atomic E-state index is 0.256. The van der Waals surface area contributed by atoms with Crippen LogP contribution in [-0.2, 0) is 4.74 Å². The minimum Gasteiger partial charge on any atom is -0.497 e. The van der Waals surface area contributed by atoms with E-state index in [2.05, 4.69) is 10.1 Å². The van der Waals surface area contributed by atoms with Gasteiger partial charge in [-0.2, -0.15) is 0 Å². The van der Waals surface area contributed by atoms with E-state index in [1.54, 1.807) is 50.6 Å². The highest BCUT2D eigenvalue weighted by molar-refractivity contribution is 5.96. The maximum absolute atomic E-state index is 12.4. The highest BCUT2D eigenvalue weighted by atomic mass is 16.5. The van der Waals surface area contributed by atoms with Gasteiger partial charge in [-0.25, -0.2) is 4.79 Å². The number of esters is 1. The molecule has 0 saturated carbocycles. The van der Waals surface area contributed by atoms with Gasteiger partial charge in [0.2, 0.25) is 0 Å². The average molecular weight is 343 g/mol. The third kappa shape index (κ3) is 4.29. The van der Waals surface area contributed by atoms with Crippen LogP contribution in [-0.4, -0.2) is 33.2 Å². The number of rotatable bonds is 6. The number of hydrogen-bond donors (Lipinski definition) is 1. The first-order valence-electron chi connectivity index (χ1n) is 7.71. The Kier molecular flexibility index (Phi) is 6.00. The van der Waals surface area contributed by atoms with Gasteiger partial charge in [-0.05, 0) is 49.4 Å². The zero-order chi connectivity index (χ0) is 18.4. The zero-order valence-electron chi connectivity index (χ0n) is 14.7. The van der Waals surface area contributed by atoms with E-state index in [1.807, 2.05) is 13.0 Å². The normalized spacial score (nSPS) is 11.4. The summed E-state index contributed by atoms with van der Waals surface area (Å²) >= 11 is 0. The third-order valence-electron chi connectivity index (χ3n) is 3.82. The summed E-state index contributed by atoms with van der Waals surface area (Å²) in [6.45, 7) is 1.86. The Morgan fingerprint density at radius 2 is 1.56 bits per heavy atom. The summed E-state index contributed by atoms with van der Waals surface area (Å²) in [4.78, 5) is 23.9. The largest absolute Gasteiger partial charge is 0.497 e. The van der Waals surface area contributed by atoms with E-state index >= 15 is 0 Å². The van der Waals surface area contributed by atoms with E-state index < -0.39 is 5.97 Å². The lowest BCUT2D eigenvalue weighted by Gasteiger charge is -2.18. The second-order valence-electron chi connectivity index (χ2n) is 5.37. The summed E-state index contributed by atoms with van der Waals surface area (Å²) in [7, 11) is 4.47. The van der Waals surface area contributed by atoms with Crippen molar-refractivity contribution in [3.8, 4) is 11.5 Å². The van der Waals surface area contributed by atoms with Crippen LogP contribution in [0.1, 0.15) is 39.2 Å². The molecule has 0 aliphatic rings. The number of carbonyl (C=O) groups excluding carboxylic acids is 2. The molecule has 1 atom stereocenters. The molecule has 2 aromatic carbocycles. The molecule has 0 aliphatic carbocycles. The van der Waals surface area contributed by atoms with E-state index in [0.29, 0.717) is 22.6 Å². The van der Waals surface area contributed by atoms with Gasteiger partial charge in [0, 0.05) is 11.1 Å². The minimum atomic E-state index is -0.443. The predicted molar refractivity (Wildman–Crippen MR) is 93.2 cm³/mol. The van der Waals surface area contributed by atoms with Crippen LogP contribution in [0.2, 0.25) is 0 Å². The van der Waals surface area contributed by atoms with Gasteiger partial charge < -0.3 is 19.5 Å². The molecule has 0 heterocycles. The number of ether oxygens (including phenoxy) is 3. The van der Waals surface area contributed by atoms with E-state index in [0.717, 1.165) is 5.56 Å². The molecular weight excluding hydrogens is 322 g/mol. The van der Waals surface area contributed by atoms with Gasteiger partial charge in [-0.1, -0.05) is 0 Å². The van der Waals surface area contributed by atoms with Gasteiger partial charge in [0.1, 0.15) is 11.5 Å². The number of benzene rings is 2. The Morgan fingerprint density at radius 1 is 0.920 bits per heavy atom. The molecule has 0 aromatic heterocycles. The lowest BCUT2D eigenvalue weighted by atomic mass is 10.1. The lowest BCUT2D eigenvalue weighted by Crippen LogP contribution is -2.27. The fourth-order valence-corrected chi connectivity index (χ4v) is 2.41. The SMILES string of the molecule is COC(=O)c1ccc(C(=O)N[C@@H](C)c2cc(OC)ccc2OC)cc1. The molecule has 2 rings (SSSR count). The highest BCUT2D eigenvalue weighted by Gasteiger charge is 2.16. The van der Waals surface area contributed by atoms with Crippen molar-refractivity contribution >= 4 is 11.9 Å². The lowest BCUT2D eigenvalue weighted by molar-refractivity contribution is 0.0600. The van der Waals surface area contributed by atoms with Gasteiger partial charge in [0.15, 0.2) is 0 Å². The van der Waals surface area contributed by atoms with Crippen molar-refractivity contribution < 1.29 is 23.8 Å². The maximum atomic E-state index is 12.4. The quantitative estimate of drug-likeness (QED) is 0.816. The van der Waals surface area contributed by atoms with Crippen LogP contribution >= 0.6 is 0 Å². The number of carbonyl (C=O) groups is 2. The third-order valence-corrected chi connectivity index (χ3v) is 3.82. The van der Waals surface area contributed by atoms with E-state index in [1.165, 1.54) is 7.11 Å². The second-order valence-corrected chi connectivity index (χ2v) is 5.37. The first kappa shape index (κ1) is 18.3. The Morgan fingerprint density at radius 3 is 2.12 bits per heavy atom. The maximum Gasteiger partial charge on any atom is 0.337 e. The van der Waals surface area contributed by atoms with Crippen molar-refractivity contribution in [2.45, 2.75) is 13.0 Å². The summed E-state index contributed by atoms with van der Waals surface area (Å²) in [5.74, 6) is 0.643. The monoisotopic (exact) mass is 343 g/mol. The van der Waals surface area contributed by atoms with Gasteiger partial charge >= 0.3 is 5.97 Å². The smallest absolute Gasteiger partial charge is 0.337 e. The van der Waals surface area contributed by atoms with Crippen molar-refractivity contribution in [2.24, 2.45) is 0 Å². The summed E-state index contributed by atoms with van der Waals surface area (Å²) in [6, 6.07) is 11.4. The standard InChI is InChI=1S/C19H21NO5/c1-12(16-11-15(23-2)9-10-17(16)24-3)20-18(21)13-5-7-14(8-6-13)19(22)25-4/h5-12H,1-4H3,(H,20,21)/t12-/m0/s1. The van der Waals surface area contributed by atoms with Crippen LogP contribution < -0.4 is 14.8 Å². The first-order chi connectivity index (χ1) is 12.0. The first-order valence-corrected chi connectivity index (χ1v) is 7.71. The molecule has 0 fully saturated rings. The van der Waals surface area contributed by atoms with Crippen molar-refractivity contribution in [2.75, 3.05) is 21.3 Å². The zero-order valence-corrected chi connectivity index (χ0v) is 14.7. The number of nitrogens with one attached hydrogen (secondary N) is 1. The fourth-order valence-electron chi connectivity index (χ4n) is 2.41. The average Bonchev–Trinajstić information content (AvgIpc) is 2.66. The molecule has 1 amide bonds. The molecule has 6 heteroatoms. The predicted octanol–water partition coefficient (Wildman–Crippen LogP) is 2.98. The molecule has 0 spiro atoms. The van der Waals surface area contributed by atoms with Crippen LogP contribution in [0, 0.1) is 0 Å². The molecule has 0 unspecified atom stereocenters. The number of methoxy groups -OCH3 is 3. The molecule has 0 aliphatic heterocycles. The number of hydrogen-bond acceptors (Lipinski definition) is 5. The second kappa shape index (κ2) is 8.19. The van der Waals surface area contributed by atoms with Crippen molar-refractivity contribution in [1.29, 1.82) is 0 Å². The van der Waals surface area contributed by atoms with E-state index in [9.17, 15) is 9.59 Å². The summed E-state index contributed by atoms with van der Waals surface area (Å²) in [5.41, 5.74) is 1.64. The van der Waals surface area contributed by atoms with Gasteiger partial charge in [0.25, 0.3) is 5.91 Å². The molecule has 1 N–H and O–H groups in total. The molecular formula is C19H21NO5. The van der Waals surface area contributed by atoms with Gasteiger partial charge in [0.05, 0.1) is 32.9 Å². The van der Waals surface area contributed by atoms with Gasteiger partial charge in [-0.3, -0.25) is 4.79 Å². The molecule has 2 aromatic rings. The van der Waals surface area contributed by atoms with Crippen molar-refractivity contribution in [3.05, 3.63) is 59.2 Å². The summed E-state index contributed by atoms with van der Waals surface area (Å²) in [6.07, 6.45) is 0. The summed E-state index contributed by atoms with van der Waals surface area (Å²) in [5, 5.41) is 2.91. The molecule has 0 radical (unpaired) electrons. The van der Waals surface area contributed by atoms with Crippen molar-refractivity contribution in [3.63, 3.8) is 0 Å². The summed E-state index contributed by atoms with van der Waals surface area (Å²) < 4.78 is 15.2. The molecule has 132 valence electrons.